The van der Waals surface area contributed by atoms with Gasteiger partial charge in [0.25, 0.3) is 0 Å². The lowest BCUT2D eigenvalue weighted by atomic mass is 10.1. The van der Waals surface area contributed by atoms with Crippen LogP contribution in [0.25, 0.3) is 0 Å². The number of anilines is 1. The third-order valence-electron chi connectivity index (χ3n) is 2.58. The monoisotopic (exact) mass is 245 g/mol. The summed E-state index contributed by atoms with van der Waals surface area (Å²) in [7, 11) is 0. The standard InChI is InChI=1S/C8H12N4O5/c9-7-10-2-12(8(16)11-7)6-5(15)4(14)3(1-13)17-6/h2-6,13-15H,1H2,(H2,9,11,16)/p+1/t3-,4-,5?,6-/m1/s1. The second-order valence-corrected chi connectivity index (χ2v) is 3.70. The van der Waals surface area contributed by atoms with E-state index < -0.39 is 36.8 Å². The molecule has 1 saturated heterocycles. The molecular formula is C8H13N4O5+. The van der Waals surface area contributed by atoms with Crippen molar-refractivity contribution in [3.63, 3.8) is 0 Å². The van der Waals surface area contributed by atoms with E-state index >= 15 is 0 Å². The molecule has 6 N–H and O–H groups in total. The highest BCUT2D eigenvalue weighted by Gasteiger charge is 2.46. The number of aliphatic hydroxyl groups is 3. The van der Waals surface area contributed by atoms with Gasteiger partial charge in [-0.15, -0.1) is 0 Å². The van der Waals surface area contributed by atoms with Gasteiger partial charge in [-0.1, -0.05) is 4.98 Å². The fourth-order valence-corrected chi connectivity index (χ4v) is 1.67. The van der Waals surface area contributed by atoms with E-state index in [9.17, 15) is 15.0 Å². The zero-order valence-electron chi connectivity index (χ0n) is 8.72. The highest BCUT2D eigenvalue weighted by Crippen LogP contribution is 2.24. The summed E-state index contributed by atoms with van der Waals surface area (Å²) in [5, 5.41) is 28.1. The second-order valence-electron chi connectivity index (χ2n) is 3.70. The van der Waals surface area contributed by atoms with Crippen molar-refractivity contribution >= 4 is 5.95 Å². The van der Waals surface area contributed by atoms with Gasteiger partial charge < -0.3 is 25.8 Å². The lowest BCUT2D eigenvalue weighted by molar-refractivity contribution is -0.782. The van der Waals surface area contributed by atoms with Crippen molar-refractivity contribution in [1.82, 2.24) is 9.97 Å². The van der Waals surface area contributed by atoms with E-state index in [1.165, 1.54) is 0 Å². The smallest absolute Gasteiger partial charge is 0.394 e. The third-order valence-corrected chi connectivity index (χ3v) is 2.58. The molecular weight excluding hydrogens is 232 g/mol. The van der Waals surface area contributed by atoms with Gasteiger partial charge in [0.1, 0.15) is 18.3 Å². The summed E-state index contributed by atoms with van der Waals surface area (Å²) in [5.41, 5.74) is 4.64. The largest absolute Gasteiger partial charge is 0.446 e. The molecule has 2 rings (SSSR count). The Hall–Kier alpha value is -1.55. The van der Waals surface area contributed by atoms with Crippen molar-refractivity contribution in [2.75, 3.05) is 12.3 Å². The van der Waals surface area contributed by atoms with Crippen LogP contribution in [-0.4, -0.2) is 50.2 Å². The van der Waals surface area contributed by atoms with Crippen LogP contribution in [0, 0.1) is 0 Å². The Bertz CT molecular complexity index is 463. The van der Waals surface area contributed by atoms with Crippen molar-refractivity contribution in [2.45, 2.75) is 24.5 Å². The molecule has 94 valence electrons. The molecule has 17 heavy (non-hydrogen) atoms. The number of aromatic amines is 1. The molecule has 0 aliphatic carbocycles. The van der Waals surface area contributed by atoms with Gasteiger partial charge in [0.15, 0.2) is 0 Å². The number of nitrogens with zero attached hydrogens (tertiary/aromatic N) is 2. The van der Waals surface area contributed by atoms with Crippen LogP contribution in [0.1, 0.15) is 6.23 Å². The molecule has 1 aliphatic rings. The first kappa shape index (κ1) is 11.9. The molecule has 1 aromatic rings. The maximum absolute atomic E-state index is 11.5. The minimum atomic E-state index is -1.33. The van der Waals surface area contributed by atoms with Gasteiger partial charge in [-0.25, -0.2) is 4.79 Å². The predicted molar refractivity (Wildman–Crippen MR) is 52.5 cm³/mol. The van der Waals surface area contributed by atoms with Crippen molar-refractivity contribution in [1.29, 1.82) is 0 Å². The molecule has 0 bridgehead atoms. The number of hydrogen-bond donors (Lipinski definition) is 5. The van der Waals surface area contributed by atoms with E-state index in [1.807, 2.05) is 0 Å². The molecule has 2 heterocycles. The van der Waals surface area contributed by atoms with Crippen molar-refractivity contribution in [3.05, 3.63) is 16.8 Å². The third kappa shape index (κ3) is 2.00. The lowest BCUT2D eigenvalue weighted by Gasteiger charge is -2.11. The van der Waals surface area contributed by atoms with Gasteiger partial charge in [0.2, 0.25) is 12.6 Å². The number of nitrogen functional groups attached to an aromatic ring is 1. The molecule has 0 saturated carbocycles. The minimum Gasteiger partial charge on any atom is -0.394 e. The van der Waals surface area contributed by atoms with E-state index in [1.54, 1.807) is 0 Å². The van der Waals surface area contributed by atoms with Gasteiger partial charge in [-0.2, -0.15) is 9.55 Å². The summed E-state index contributed by atoms with van der Waals surface area (Å²) in [6.45, 7) is -0.463. The summed E-state index contributed by atoms with van der Waals surface area (Å²) < 4.78 is 6.11. The molecule has 1 fully saturated rings. The highest BCUT2D eigenvalue weighted by atomic mass is 16.6. The zero-order chi connectivity index (χ0) is 12.6. The Balaban J connectivity index is 2.32. The number of rotatable bonds is 2. The number of nitrogens with one attached hydrogen (secondary N) is 1. The maximum Gasteiger partial charge on any atom is 0.446 e. The van der Waals surface area contributed by atoms with Crippen LogP contribution in [0.2, 0.25) is 0 Å². The van der Waals surface area contributed by atoms with E-state index in [2.05, 4.69) is 9.97 Å². The molecule has 9 nitrogen and oxygen atoms in total. The maximum atomic E-state index is 11.5. The summed E-state index contributed by atoms with van der Waals surface area (Å²) in [6, 6.07) is 0. The number of nitrogens with two attached hydrogens (primary N) is 1. The fraction of sp³-hybridized carbons (Fsp3) is 0.625. The number of aromatic nitrogens is 3. The van der Waals surface area contributed by atoms with Crippen LogP contribution < -0.4 is 16.0 Å². The Morgan fingerprint density at radius 1 is 1.53 bits per heavy atom. The Labute approximate surface area is 95.1 Å². The second kappa shape index (κ2) is 4.37. The molecule has 9 heteroatoms. The quantitative estimate of drug-likeness (QED) is 0.336. The Kier molecular flexibility index (Phi) is 3.07. The van der Waals surface area contributed by atoms with Crippen LogP contribution in [0.4, 0.5) is 5.95 Å². The summed E-state index contributed by atoms with van der Waals surface area (Å²) >= 11 is 0. The van der Waals surface area contributed by atoms with Crippen LogP contribution in [0.3, 0.4) is 0 Å². The fourth-order valence-electron chi connectivity index (χ4n) is 1.67. The van der Waals surface area contributed by atoms with Crippen molar-refractivity contribution < 1.29 is 24.6 Å². The normalized spacial score (nSPS) is 32.9. The lowest BCUT2D eigenvalue weighted by Crippen LogP contribution is -2.58. The average Bonchev–Trinajstić information content (AvgIpc) is 2.57. The number of ether oxygens (including phenoxy) is 1. The average molecular weight is 245 g/mol. The number of aliphatic hydroxyl groups excluding tert-OH is 3. The first-order chi connectivity index (χ1) is 8.04. The van der Waals surface area contributed by atoms with E-state index in [4.69, 9.17) is 15.6 Å². The Morgan fingerprint density at radius 2 is 2.24 bits per heavy atom. The predicted octanol–water partition coefficient (Wildman–Crippen LogP) is -3.75. The van der Waals surface area contributed by atoms with Crippen LogP contribution >= 0.6 is 0 Å². The molecule has 0 amide bonds. The molecule has 1 aromatic heterocycles. The summed E-state index contributed by atoms with van der Waals surface area (Å²) in [5.74, 6) is -0.0713. The topological polar surface area (TPSA) is 146 Å². The molecule has 4 atom stereocenters. The molecule has 0 spiro atoms. The summed E-state index contributed by atoms with van der Waals surface area (Å²) in [6.07, 6.45) is -3.56. The van der Waals surface area contributed by atoms with Crippen molar-refractivity contribution in [2.24, 2.45) is 0 Å². The molecule has 0 aromatic carbocycles. The van der Waals surface area contributed by atoms with Gasteiger partial charge >= 0.3 is 11.6 Å². The van der Waals surface area contributed by atoms with Gasteiger partial charge in [-0.05, 0) is 0 Å². The van der Waals surface area contributed by atoms with Crippen molar-refractivity contribution in [3.8, 4) is 0 Å². The van der Waals surface area contributed by atoms with Crippen LogP contribution in [-0.2, 0) is 4.74 Å². The van der Waals surface area contributed by atoms with E-state index in [-0.39, 0.29) is 5.95 Å². The van der Waals surface area contributed by atoms with Gasteiger partial charge in [-0.3, -0.25) is 0 Å². The van der Waals surface area contributed by atoms with Crippen LogP contribution in [0.15, 0.2) is 11.1 Å². The first-order valence-electron chi connectivity index (χ1n) is 4.93. The molecule has 0 radical (unpaired) electrons. The highest BCUT2D eigenvalue weighted by molar-refractivity contribution is 5.07. The zero-order valence-corrected chi connectivity index (χ0v) is 8.72. The number of hydrogen-bond acceptors (Lipinski definition) is 7. The van der Waals surface area contributed by atoms with E-state index in [0.717, 1.165) is 10.9 Å². The Morgan fingerprint density at radius 3 is 2.76 bits per heavy atom. The molecule has 1 unspecified atom stereocenters. The van der Waals surface area contributed by atoms with E-state index in [0.29, 0.717) is 0 Å². The minimum absolute atomic E-state index is 0.0713. The SMILES string of the molecule is Nc1nc[n+]([C@@H]2O[C@H](CO)[C@@H](O)C2O)c(=O)[nH]1. The summed E-state index contributed by atoms with van der Waals surface area (Å²) in [4.78, 5) is 17.4. The molecule has 1 aliphatic heterocycles. The number of H-pyrrole nitrogens is 1. The van der Waals surface area contributed by atoms with Crippen LogP contribution in [0.5, 0.6) is 0 Å². The van der Waals surface area contributed by atoms with Gasteiger partial charge in [0, 0.05) is 0 Å². The van der Waals surface area contributed by atoms with Gasteiger partial charge in [0.05, 0.1) is 6.61 Å². The first-order valence-corrected chi connectivity index (χ1v) is 4.93.